The predicted octanol–water partition coefficient (Wildman–Crippen LogP) is 0.266. The molecule has 1 amide bonds. The Hall–Kier alpha value is -1.75. The van der Waals surface area contributed by atoms with Crippen LogP contribution in [0.4, 0.5) is 5.69 Å². The topological polar surface area (TPSA) is 84.6 Å². The molecule has 1 aromatic carbocycles. The summed E-state index contributed by atoms with van der Waals surface area (Å²) in [6, 6.07) is 4.23. The quantitative estimate of drug-likeness (QED) is 0.452. The molecule has 5 nitrogen and oxygen atoms in total. The van der Waals surface area contributed by atoms with E-state index in [4.69, 9.17) is 5.73 Å². The molecule has 0 aliphatic carbocycles. The van der Waals surface area contributed by atoms with Crippen molar-refractivity contribution in [2.24, 2.45) is 0 Å². The lowest BCUT2D eigenvalue weighted by atomic mass is 10.2. The highest BCUT2D eigenvalue weighted by Gasteiger charge is 2.09. The van der Waals surface area contributed by atoms with Gasteiger partial charge in [0.15, 0.2) is 0 Å². The second-order valence-corrected chi connectivity index (χ2v) is 2.41. The highest BCUT2D eigenvalue weighted by Crippen LogP contribution is 2.19. The number of amides is 1. The minimum atomic E-state index is -0.514. The van der Waals surface area contributed by atoms with Gasteiger partial charge in [-0.3, -0.25) is 9.63 Å². The minimum Gasteiger partial charge on any atom is -0.507 e. The van der Waals surface area contributed by atoms with E-state index in [1.165, 1.54) is 25.3 Å². The zero-order valence-electron chi connectivity index (χ0n) is 7.07. The van der Waals surface area contributed by atoms with Crippen molar-refractivity contribution in [1.82, 2.24) is 5.48 Å². The van der Waals surface area contributed by atoms with E-state index in [0.29, 0.717) is 5.69 Å². The molecule has 1 aromatic rings. The maximum Gasteiger partial charge on any atom is 0.278 e. The van der Waals surface area contributed by atoms with Crippen LogP contribution in [0, 0.1) is 0 Å². The third-order valence-electron chi connectivity index (χ3n) is 1.46. The third-order valence-corrected chi connectivity index (χ3v) is 1.46. The van der Waals surface area contributed by atoms with Gasteiger partial charge >= 0.3 is 0 Å². The van der Waals surface area contributed by atoms with E-state index in [9.17, 15) is 9.90 Å². The first-order chi connectivity index (χ1) is 6.15. The van der Waals surface area contributed by atoms with Gasteiger partial charge in [0.05, 0.1) is 12.7 Å². The molecule has 0 atom stereocenters. The van der Waals surface area contributed by atoms with Crippen LogP contribution in [0.5, 0.6) is 5.75 Å². The molecular formula is C8H10N2O3. The van der Waals surface area contributed by atoms with Gasteiger partial charge in [0.1, 0.15) is 5.75 Å². The fraction of sp³-hybridized carbons (Fsp3) is 0.125. The monoisotopic (exact) mass is 182 g/mol. The van der Waals surface area contributed by atoms with E-state index in [1.54, 1.807) is 0 Å². The SMILES string of the molecule is CONC(=O)c1ccc(N)cc1O. The molecule has 0 bridgehead atoms. The lowest BCUT2D eigenvalue weighted by Crippen LogP contribution is -2.21. The molecule has 0 saturated heterocycles. The number of anilines is 1. The summed E-state index contributed by atoms with van der Waals surface area (Å²) in [7, 11) is 1.31. The van der Waals surface area contributed by atoms with E-state index in [0.717, 1.165) is 0 Å². The Kier molecular flexibility index (Phi) is 2.71. The summed E-state index contributed by atoms with van der Waals surface area (Å²) in [5, 5.41) is 9.29. The third kappa shape index (κ3) is 2.09. The highest BCUT2D eigenvalue weighted by molar-refractivity contribution is 5.96. The zero-order chi connectivity index (χ0) is 9.84. The molecule has 0 aliphatic heterocycles. The van der Waals surface area contributed by atoms with Crippen LogP contribution in [-0.2, 0) is 4.84 Å². The van der Waals surface area contributed by atoms with Crippen molar-refractivity contribution in [2.75, 3.05) is 12.8 Å². The number of benzene rings is 1. The molecule has 5 heteroatoms. The number of hydrogen-bond donors (Lipinski definition) is 3. The number of nitrogens with one attached hydrogen (secondary N) is 1. The summed E-state index contributed by atoms with van der Waals surface area (Å²) in [6.07, 6.45) is 0. The van der Waals surface area contributed by atoms with E-state index in [-0.39, 0.29) is 11.3 Å². The Labute approximate surface area is 75.1 Å². The number of carbonyl (C=O) groups excluding carboxylic acids is 1. The first-order valence-corrected chi connectivity index (χ1v) is 3.57. The van der Waals surface area contributed by atoms with Crippen molar-refractivity contribution in [3.05, 3.63) is 23.8 Å². The smallest absolute Gasteiger partial charge is 0.278 e. The van der Waals surface area contributed by atoms with Crippen LogP contribution in [-0.4, -0.2) is 18.1 Å². The van der Waals surface area contributed by atoms with Crippen molar-refractivity contribution in [1.29, 1.82) is 0 Å². The number of hydroxylamine groups is 1. The Morgan fingerprint density at radius 1 is 1.62 bits per heavy atom. The average molecular weight is 182 g/mol. The predicted molar refractivity (Wildman–Crippen MR) is 47.0 cm³/mol. The molecule has 1 rings (SSSR count). The number of phenols is 1. The van der Waals surface area contributed by atoms with E-state index < -0.39 is 5.91 Å². The first kappa shape index (κ1) is 9.34. The summed E-state index contributed by atoms with van der Waals surface area (Å²) < 4.78 is 0. The van der Waals surface area contributed by atoms with Crippen LogP contribution in [0.3, 0.4) is 0 Å². The van der Waals surface area contributed by atoms with Gasteiger partial charge in [-0.15, -0.1) is 0 Å². The van der Waals surface area contributed by atoms with Crippen LogP contribution in [0.25, 0.3) is 0 Å². The fourth-order valence-electron chi connectivity index (χ4n) is 0.888. The van der Waals surface area contributed by atoms with Crippen molar-refractivity contribution >= 4 is 11.6 Å². The number of nitrogen functional groups attached to an aromatic ring is 1. The van der Waals surface area contributed by atoms with Crippen molar-refractivity contribution in [3.63, 3.8) is 0 Å². The molecule has 0 heterocycles. The number of carbonyl (C=O) groups is 1. The van der Waals surface area contributed by atoms with Crippen molar-refractivity contribution in [3.8, 4) is 5.75 Å². The van der Waals surface area contributed by atoms with E-state index in [1.807, 2.05) is 0 Å². The average Bonchev–Trinajstić information content (AvgIpc) is 2.04. The van der Waals surface area contributed by atoms with Gasteiger partial charge in [0, 0.05) is 11.8 Å². The van der Waals surface area contributed by atoms with Gasteiger partial charge in [-0.2, -0.15) is 0 Å². The lowest BCUT2D eigenvalue weighted by molar-refractivity contribution is 0.0535. The summed E-state index contributed by atoms with van der Waals surface area (Å²) in [5.74, 6) is -0.686. The van der Waals surface area contributed by atoms with Gasteiger partial charge in [0.25, 0.3) is 5.91 Å². The Morgan fingerprint density at radius 3 is 2.85 bits per heavy atom. The van der Waals surface area contributed by atoms with Gasteiger partial charge in [-0.1, -0.05) is 0 Å². The summed E-state index contributed by atoms with van der Waals surface area (Å²) in [4.78, 5) is 15.5. The molecule has 0 aliphatic rings. The molecule has 70 valence electrons. The second-order valence-electron chi connectivity index (χ2n) is 2.41. The highest BCUT2D eigenvalue weighted by atomic mass is 16.6. The first-order valence-electron chi connectivity index (χ1n) is 3.57. The van der Waals surface area contributed by atoms with E-state index in [2.05, 4.69) is 10.3 Å². The molecule has 4 N–H and O–H groups in total. The number of aromatic hydroxyl groups is 1. The molecular weight excluding hydrogens is 172 g/mol. The standard InChI is InChI=1S/C8H10N2O3/c1-13-10-8(12)6-3-2-5(9)4-7(6)11/h2-4,11H,9H2,1H3,(H,10,12). The van der Waals surface area contributed by atoms with Gasteiger partial charge in [-0.05, 0) is 12.1 Å². The number of hydrogen-bond acceptors (Lipinski definition) is 4. The Morgan fingerprint density at radius 2 is 2.31 bits per heavy atom. The van der Waals surface area contributed by atoms with Crippen LogP contribution in [0.15, 0.2) is 18.2 Å². The Bertz CT molecular complexity index is 325. The largest absolute Gasteiger partial charge is 0.507 e. The summed E-state index contributed by atoms with van der Waals surface area (Å²) >= 11 is 0. The molecule has 0 radical (unpaired) electrons. The lowest BCUT2D eigenvalue weighted by Gasteiger charge is -2.04. The second kappa shape index (κ2) is 3.77. The van der Waals surface area contributed by atoms with Gasteiger partial charge in [-0.25, -0.2) is 5.48 Å². The molecule has 0 fully saturated rings. The zero-order valence-corrected chi connectivity index (χ0v) is 7.07. The van der Waals surface area contributed by atoms with Crippen LogP contribution in [0.2, 0.25) is 0 Å². The van der Waals surface area contributed by atoms with Crippen molar-refractivity contribution in [2.45, 2.75) is 0 Å². The number of nitrogens with two attached hydrogens (primary N) is 1. The maximum atomic E-state index is 11.1. The minimum absolute atomic E-state index is 0.121. The molecule has 13 heavy (non-hydrogen) atoms. The molecule has 0 saturated carbocycles. The van der Waals surface area contributed by atoms with E-state index >= 15 is 0 Å². The van der Waals surface area contributed by atoms with Crippen molar-refractivity contribution < 1.29 is 14.7 Å². The van der Waals surface area contributed by atoms with Crippen LogP contribution < -0.4 is 11.2 Å². The molecule has 0 aromatic heterocycles. The Balaban J connectivity index is 2.95. The van der Waals surface area contributed by atoms with Crippen LogP contribution in [0.1, 0.15) is 10.4 Å². The number of rotatable bonds is 2. The maximum absolute atomic E-state index is 11.1. The van der Waals surface area contributed by atoms with Gasteiger partial charge < -0.3 is 10.8 Å². The molecule has 0 unspecified atom stereocenters. The number of phenolic OH excluding ortho intramolecular Hbond substituents is 1. The fourth-order valence-corrected chi connectivity index (χ4v) is 0.888. The molecule has 0 spiro atoms. The van der Waals surface area contributed by atoms with Gasteiger partial charge in [0.2, 0.25) is 0 Å². The van der Waals surface area contributed by atoms with Crippen LogP contribution >= 0.6 is 0 Å². The summed E-state index contributed by atoms with van der Waals surface area (Å²) in [6.45, 7) is 0. The summed E-state index contributed by atoms with van der Waals surface area (Å²) in [5.41, 5.74) is 7.98. The normalized spacial score (nSPS) is 9.62.